The van der Waals surface area contributed by atoms with E-state index in [0.29, 0.717) is 29.2 Å². The van der Waals surface area contributed by atoms with E-state index >= 15 is 0 Å². The number of hydrogen-bond acceptors (Lipinski definition) is 7. The van der Waals surface area contributed by atoms with Crippen LogP contribution in [-0.4, -0.2) is 40.2 Å². The molecule has 168 valence electrons. The molecule has 0 amide bonds. The average molecular weight is 445 g/mol. The van der Waals surface area contributed by atoms with E-state index in [1.165, 1.54) is 7.11 Å². The van der Waals surface area contributed by atoms with Gasteiger partial charge in [0.05, 0.1) is 19.3 Å². The number of rotatable bonds is 10. The highest BCUT2D eigenvalue weighted by Crippen LogP contribution is 2.37. The van der Waals surface area contributed by atoms with Crippen LogP contribution in [0.15, 0.2) is 40.7 Å². The minimum absolute atomic E-state index is 0.381. The second kappa shape index (κ2) is 10.7. The number of carbonyl (C=O) groups is 1. The second-order valence-corrected chi connectivity index (χ2v) is 9.08. The van der Waals surface area contributed by atoms with E-state index in [2.05, 4.69) is 31.1 Å². The van der Waals surface area contributed by atoms with Crippen LogP contribution in [0, 0.1) is 5.92 Å². The third kappa shape index (κ3) is 5.61. The van der Waals surface area contributed by atoms with Gasteiger partial charge in [0, 0.05) is 11.4 Å². The topological polar surface area (TPSA) is 78.3 Å². The first-order valence-electron chi connectivity index (χ1n) is 10.8. The summed E-state index contributed by atoms with van der Waals surface area (Å²) in [6, 6.07) is 7.42. The molecule has 1 unspecified atom stereocenters. The van der Waals surface area contributed by atoms with Crippen LogP contribution in [0.3, 0.4) is 0 Å². The summed E-state index contributed by atoms with van der Waals surface area (Å²) in [5.41, 5.74) is 2.17. The number of fused-ring (bicyclic) bond motifs is 1. The summed E-state index contributed by atoms with van der Waals surface area (Å²) in [4.78, 5) is 17.3. The number of benzene rings is 1. The lowest BCUT2D eigenvalue weighted by Crippen LogP contribution is -2.29. The van der Waals surface area contributed by atoms with Crippen LogP contribution < -0.4 is 10.1 Å². The Bertz CT molecular complexity index is 921. The van der Waals surface area contributed by atoms with Crippen molar-refractivity contribution in [3.8, 4) is 5.75 Å². The summed E-state index contributed by atoms with van der Waals surface area (Å²) in [5.74, 6) is 2.62. The molecule has 3 rings (SSSR count). The van der Waals surface area contributed by atoms with Crippen molar-refractivity contribution >= 4 is 23.7 Å². The van der Waals surface area contributed by atoms with Gasteiger partial charge in [0.2, 0.25) is 11.1 Å². The van der Waals surface area contributed by atoms with E-state index in [4.69, 9.17) is 14.6 Å². The minimum atomic E-state index is -0.415. The van der Waals surface area contributed by atoms with Gasteiger partial charge in [-0.3, -0.25) is 0 Å². The van der Waals surface area contributed by atoms with Crippen molar-refractivity contribution in [2.45, 2.75) is 58.2 Å². The van der Waals surface area contributed by atoms with Crippen molar-refractivity contribution < 1.29 is 14.3 Å². The van der Waals surface area contributed by atoms with Crippen LogP contribution in [0.2, 0.25) is 0 Å². The van der Waals surface area contributed by atoms with E-state index in [0.717, 1.165) is 42.0 Å². The molecule has 2 aromatic rings. The Hall–Kier alpha value is -2.48. The largest absolute Gasteiger partial charge is 0.494 e. The lowest BCUT2D eigenvalue weighted by Gasteiger charge is -2.27. The van der Waals surface area contributed by atoms with Gasteiger partial charge < -0.3 is 14.8 Å². The standard InChI is InChI=1S/C23H32N4O3S/c1-6-7-14-31-23-25-22-24-16(4)19(21(28)29-5)20(27(22)26-23)17-8-10-18(11-9-17)30-13-12-15(2)3/h8-11,15,20H,6-7,12-14H2,1-5H3,(H,24,25,26). The number of allylic oxidation sites excluding steroid dienone is 1. The molecule has 1 aliphatic heterocycles. The highest BCUT2D eigenvalue weighted by Gasteiger charge is 2.35. The van der Waals surface area contributed by atoms with Gasteiger partial charge in [-0.15, -0.1) is 5.10 Å². The number of methoxy groups -OCH3 is 1. The van der Waals surface area contributed by atoms with E-state index in [1.54, 1.807) is 16.4 Å². The fourth-order valence-electron chi connectivity index (χ4n) is 3.34. The number of anilines is 1. The summed E-state index contributed by atoms with van der Waals surface area (Å²) in [7, 11) is 1.40. The van der Waals surface area contributed by atoms with Crippen molar-refractivity contribution in [2.24, 2.45) is 5.92 Å². The lowest BCUT2D eigenvalue weighted by atomic mass is 9.96. The molecule has 0 fully saturated rings. The predicted molar refractivity (Wildman–Crippen MR) is 124 cm³/mol. The molecule has 1 atom stereocenters. The van der Waals surface area contributed by atoms with E-state index in [9.17, 15) is 4.79 Å². The van der Waals surface area contributed by atoms with Crippen molar-refractivity contribution in [2.75, 3.05) is 24.8 Å². The summed E-state index contributed by atoms with van der Waals surface area (Å²) >= 11 is 1.63. The smallest absolute Gasteiger partial charge is 0.338 e. The number of hydrogen-bond donors (Lipinski definition) is 1. The lowest BCUT2D eigenvalue weighted by molar-refractivity contribution is -0.136. The van der Waals surface area contributed by atoms with Gasteiger partial charge in [0.25, 0.3) is 0 Å². The van der Waals surface area contributed by atoms with Crippen LogP contribution in [0.5, 0.6) is 5.75 Å². The zero-order valence-electron chi connectivity index (χ0n) is 19.0. The normalized spacial score (nSPS) is 15.6. The Labute approximate surface area is 188 Å². The van der Waals surface area contributed by atoms with E-state index in [-0.39, 0.29) is 5.97 Å². The molecule has 1 aliphatic rings. The highest BCUT2D eigenvalue weighted by atomic mass is 32.2. The Morgan fingerprint density at radius 1 is 1.29 bits per heavy atom. The summed E-state index contributed by atoms with van der Waals surface area (Å²) < 4.78 is 12.7. The fourth-order valence-corrected chi connectivity index (χ4v) is 4.25. The van der Waals surface area contributed by atoms with Gasteiger partial charge in [0.1, 0.15) is 11.8 Å². The Morgan fingerprint density at radius 2 is 2.03 bits per heavy atom. The number of ether oxygens (including phenoxy) is 2. The molecule has 0 saturated carbocycles. The first kappa shape index (κ1) is 23.2. The molecule has 1 N–H and O–H groups in total. The number of nitrogens with zero attached hydrogens (tertiary/aromatic N) is 3. The van der Waals surface area contributed by atoms with Gasteiger partial charge in [-0.25, -0.2) is 9.48 Å². The zero-order valence-corrected chi connectivity index (χ0v) is 19.8. The molecule has 0 radical (unpaired) electrons. The SMILES string of the molecule is CCCCSc1nc2n(n1)C(c1ccc(OCCC(C)C)cc1)C(C(=O)OC)=C(C)N2. The first-order chi connectivity index (χ1) is 14.9. The number of thioether (sulfide) groups is 1. The summed E-state index contributed by atoms with van der Waals surface area (Å²) in [5, 5.41) is 8.62. The van der Waals surface area contributed by atoms with Crippen molar-refractivity contribution in [1.82, 2.24) is 14.8 Å². The van der Waals surface area contributed by atoms with Gasteiger partial charge in [-0.1, -0.05) is 51.1 Å². The molecule has 7 nitrogen and oxygen atoms in total. The monoisotopic (exact) mass is 444 g/mol. The predicted octanol–water partition coefficient (Wildman–Crippen LogP) is 5.06. The molecule has 1 aromatic carbocycles. The maximum Gasteiger partial charge on any atom is 0.338 e. The van der Waals surface area contributed by atoms with E-state index < -0.39 is 6.04 Å². The quantitative estimate of drug-likeness (QED) is 0.312. The highest BCUT2D eigenvalue weighted by molar-refractivity contribution is 7.99. The van der Waals surface area contributed by atoms with E-state index in [1.807, 2.05) is 31.2 Å². The Balaban J connectivity index is 1.90. The van der Waals surface area contributed by atoms with Crippen LogP contribution >= 0.6 is 11.8 Å². The van der Waals surface area contributed by atoms with Crippen LogP contribution in [0.1, 0.15) is 58.6 Å². The molecule has 1 aromatic heterocycles. The van der Waals surface area contributed by atoms with Crippen LogP contribution in [-0.2, 0) is 9.53 Å². The molecule has 31 heavy (non-hydrogen) atoms. The van der Waals surface area contributed by atoms with Gasteiger partial charge in [-0.2, -0.15) is 4.98 Å². The molecule has 2 heterocycles. The molecular weight excluding hydrogens is 412 g/mol. The maximum absolute atomic E-state index is 12.6. The van der Waals surface area contributed by atoms with Crippen LogP contribution in [0.25, 0.3) is 0 Å². The molecule has 0 saturated heterocycles. The first-order valence-corrected chi connectivity index (χ1v) is 11.8. The van der Waals surface area contributed by atoms with Crippen molar-refractivity contribution in [3.63, 3.8) is 0 Å². The second-order valence-electron chi connectivity index (χ2n) is 8.02. The Kier molecular flexibility index (Phi) is 8.01. The molecule has 0 aliphatic carbocycles. The number of carbonyl (C=O) groups excluding carboxylic acids is 1. The molecule has 0 bridgehead atoms. The van der Waals surface area contributed by atoms with Gasteiger partial charge in [0.15, 0.2) is 0 Å². The van der Waals surface area contributed by atoms with Gasteiger partial charge >= 0.3 is 5.97 Å². The molecule has 0 spiro atoms. The third-order valence-electron chi connectivity index (χ3n) is 5.13. The molecule has 8 heteroatoms. The zero-order chi connectivity index (χ0) is 22.4. The van der Waals surface area contributed by atoms with Crippen molar-refractivity contribution in [1.29, 1.82) is 0 Å². The number of nitrogens with one attached hydrogen (secondary N) is 1. The minimum Gasteiger partial charge on any atom is -0.494 e. The fraction of sp³-hybridized carbons (Fsp3) is 0.522. The Morgan fingerprint density at radius 3 is 2.68 bits per heavy atom. The number of esters is 1. The maximum atomic E-state index is 12.6. The summed E-state index contributed by atoms with van der Waals surface area (Å²) in [6.45, 7) is 9.07. The average Bonchev–Trinajstić information content (AvgIpc) is 3.15. The van der Waals surface area contributed by atoms with Crippen molar-refractivity contribution in [3.05, 3.63) is 41.1 Å². The molecular formula is C23H32N4O3S. The number of aromatic nitrogens is 3. The summed E-state index contributed by atoms with van der Waals surface area (Å²) in [6.07, 6.45) is 3.24. The van der Waals surface area contributed by atoms with Gasteiger partial charge in [-0.05, 0) is 43.4 Å². The third-order valence-corrected chi connectivity index (χ3v) is 6.05. The van der Waals surface area contributed by atoms with Crippen LogP contribution in [0.4, 0.5) is 5.95 Å². The number of unbranched alkanes of at least 4 members (excludes halogenated alkanes) is 1.